The molecule has 274 valence electrons. The van der Waals surface area contributed by atoms with Crippen LogP contribution in [0.5, 0.6) is 11.5 Å². The number of carbonyl (C=O) groups is 5. The molecular weight excluding hydrogens is 648 g/mol. The lowest BCUT2D eigenvalue weighted by Gasteiger charge is -2.26. The zero-order valence-electron chi connectivity index (χ0n) is 28.5. The van der Waals surface area contributed by atoms with Crippen LogP contribution in [0.3, 0.4) is 0 Å². The molecule has 0 aromatic heterocycles. The lowest BCUT2D eigenvalue weighted by molar-refractivity contribution is -0.134. The number of nitrogens with zero attached hydrogens (tertiary/aromatic N) is 1. The van der Waals surface area contributed by atoms with E-state index in [-0.39, 0.29) is 55.6 Å². The number of nitrogens with one attached hydrogen (secondary N) is 5. The van der Waals surface area contributed by atoms with E-state index in [9.17, 15) is 34.2 Å². The number of phenols is 2. The molecule has 0 fully saturated rings. The molecule has 0 radical (unpaired) electrons. The van der Waals surface area contributed by atoms with Gasteiger partial charge >= 0.3 is 0 Å². The molecule has 0 spiro atoms. The van der Waals surface area contributed by atoms with Crippen LogP contribution in [0, 0.1) is 5.92 Å². The molecule has 0 saturated carbocycles. The molecule has 2 aromatic carbocycles. The van der Waals surface area contributed by atoms with Crippen molar-refractivity contribution in [3.8, 4) is 11.5 Å². The number of aliphatic imine (C=N–C) groups is 1. The minimum Gasteiger partial charge on any atom is -0.508 e. The maximum absolute atomic E-state index is 13.7. The van der Waals surface area contributed by atoms with Gasteiger partial charge in [-0.05, 0) is 67.5 Å². The van der Waals surface area contributed by atoms with Crippen molar-refractivity contribution < 1.29 is 34.2 Å². The standard InChI is InChI=1S/C33H50N10O7/c1-18(2)15-24(34)29(47)42-26(16-20-6-10-22(44)11-7-20)31(49)40-25(5-4-14-38-33(35)36)30(48)39-19(3)28(46)41-27(32(50)43-37)17-21-8-12-23(45)13-9-21/h6-13,18-19,24-27,44-45H,4-5,14-17,34,37H2,1-3H3,(H,39,48)(H,40,49)(H,41,46)(H,42,47)(H,43,50)(H4,35,36,38)/t19-,24-,25-,26-,27-/m0/s1. The Hall–Kier alpha value is -5.42. The van der Waals surface area contributed by atoms with Crippen LogP contribution in [-0.2, 0) is 36.8 Å². The third-order valence-corrected chi connectivity index (χ3v) is 7.55. The third-order valence-electron chi connectivity index (χ3n) is 7.55. The van der Waals surface area contributed by atoms with Crippen LogP contribution in [0.15, 0.2) is 53.5 Å². The van der Waals surface area contributed by atoms with E-state index < -0.39 is 59.7 Å². The number of phenolic OH excluding ortho intramolecular Hbond substituents is 2. The van der Waals surface area contributed by atoms with Crippen molar-refractivity contribution in [2.45, 2.75) is 83.1 Å². The molecule has 17 nitrogen and oxygen atoms in total. The Labute approximate surface area is 291 Å². The van der Waals surface area contributed by atoms with E-state index in [1.165, 1.54) is 31.2 Å². The highest BCUT2D eigenvalue weighted by Gasteiger charge is 2.31. The fraction of sp³-hybridized carbons (Fsp3) is 0.455. The first-order valence-electron chi connectivity index (χ1n) is 16.2. The van der Waals surface area contributed by atoms with Crippen LogP contribution in [-0.4, -0.2) is 82.5 Å². The van der Waals surface area contributed by atoms with Crippen molar-refractivity contribution in [2.75, 3.05) is 6.54 Å². The number of hydrazine groups is 1. The van der Waals surface area contributed by atoms with E-state index in [0.717, 1.165) is 0 Å². The Morgan fingerprint density at radius 1 is 0.680 bits per heavy atom. The predicted octanol–water partition coefficient (Wildman–Crippen LogP) is -1.74. The number of rotatable bonds is 19. The van der Waals surface area contributed by atoms with Gasteiger partial charge in [0.15, 0.2) is 5.96 Å². The van der Waals surface area contributed by atoms with Gasteiger partial charge in [-0.1, -0.05) is 38.1 Å². The highest BCUT2D eigenvalue weighted by Crippen LogP contribution is 2.14. The smallest absolute Gasteiger partial charge is 0.256 e. The largest absolute Gasteiger partial charge is 0.508 e. The van der Waals surface area contributed by atoms with Gasteiger partial charge in [-0.3, -0.25) is 34.4 Å². The van der Waals surface area contributed by atoms with Gasteiger partial charge in [0.2, 0.25) is 23.6 Å². The molecule has 0 unspecified atom stereocenters. The fourth-order valence-corrected chi connectivity index (χ4v) is 4.87. The lowest BCUT2D eigenvalue weighted by Crippen LogP contribution is -2.59. The number of guanidine groups is 1. The van der Waals surface area contributed by atoms with Gasteiger partial charge in [-0.25, -0.2) is 5.84 Å². The Morgan fingerprint density at radius 2 is 1.14 bits per heavy atom. The minimum atomic E-state index is -1.20. The molecular formula is C33H50N10O7. The summed E-state index contributed by atoms with van der Waals surface area (Å²) in [5.41, 5.74) is 20.2. The van der Waals surface area contributed by atoms with Crippen LogP contribution in [0.25, 0.3) is 0 Å². The molecule has 0 aliphatic heterocycles. The Bertz CT molecular complexity index is 1460. The summed E-state index contributed by atoms with van der Waals surface area (Å²) >= 11 is 0. The van der Waals surface area contributed by atoms with Crippen LogP contribution < -0.4 is 49.7 Å². The molecule has 15 N–H and O–H groups in total. The molecule has 0 bridgehead atoms. The molecule has 2 rings (SSSR count). The summed E-state index contributed by atoms with van der Waals surface area (Å²) < 4.78 is 0. The number of hydrogen-bond donors (Lipinski definition) is 11. The van der Waals surface area contributed by atoms with E-state index in [2.05, 4.69) is 26.3 Å². The van der Waals surface area contributed by atoms with Gasteiger partial charge in [0, 0.05) is 19.4 Å². The van der Waals surface area contributed by atoms with Gasteiger partial charge in [0.05, 0.1) is 6.04 Å². The quantitative estimate of drug-likeness (QED) is 0.0195. The third kappa shape index (κ3) is 14.4. The number of nitrogens with two attached hydrogens (primary N) is 4. The van der Waals surface area contributed by atoms with E-state index in [1.54, 1.807) is 24.3 Å². The SMILES string of the molecule is CC(C)C[C@H](N)C(=O)N[C@@H](Cc1ccc(O)cc1)C(=O)N[C@@H](CCCN=C(N)N)C(=O)N[C@@H](C)C(=O)N[C@@H](Cc1ccc(O)cc1)C(=O)NN. The summed E-state index contributed by atoms with van der Waals surface area (Å²) in [4.78, 5) is 69.7. The summed E-state index contributed by atoms with van der Waals surface area (Å²) in [5, 5.41) is 29.7. The van der Waals surface area contributed by atoms with Gasteiger partial charge < -0.3 is 48.7 Å². The number of benzene rings is 2. The summed E-state index contributed by atoms with van der Waals surface area (Å²) in [6.07, 6.45) is 0.732. The average molecular weight is 699 g/mol. The van der Waals surface area contributed by atoms with E-state index in [1.807, 2.05) is 19.3 Å². The summed E-state index contributed by atoms with van der Waals surface area (Å²) in [6, 6.07) is 6.55. The minimum absolute atomic E-state index is 0.0129. The highest BCUT2D eigenvalue weighted by atomic mass is 16.3. The second-order valence-corrected chi connectivity index (χ2v) is 12.3. The maximum Gasteiger partial charge on any atom is 0.256 e. The molecule has 2 aromatic rings. The second kappa shape index (κ2) is 20.2. The van der Waals surface area contributed by atoms with Crippen molar-refractivity contribution in [2.24, 2.45) is 34.0 Å². The van der Waals surface area contributed by atoms with Crippen molar-refractivity contribution in [1.29, 1.82) is 0 Å². The van der Waals surface area contributed by atoms with E-state index in [0.29, 0.717) is 17.5 Å². The Balaban J connectivity index is 2.24. The molecule has 0 aliphatic rings. The average Bonchev–Trinajstić information content (AvgIpc) is 3.06. The van der Waals surface area contributed by atoms with Gasteiger partial charge in [0.25, 0.3) is 5.91 Å². The molecule has 0 saturated heterocycles. The Kier molecular flexibility index (Phi) is 16.4. The van der Waals surface area contributed by atoms with Gasteiger partial charge in [-0.15, -0.1) is 0 Å². The number of carbonyl (C=O) groups excluding carboxylic acids is 5. The zero-order valence-corrected chi connectivity index (χ0v) is 28.5. The first-order chi connectivity index (χ1) is 23.6. The normalized spacial score (nSPS) is 13.9. The number of hydrogen-bond acceptors (Lipinski definition) is 10. The molecule has 50 heavy (non-hydrogen) atoms. The molecule has 0 heterocycles. The first kappa shape index (κ1) is 40.8. The van der Waals surface area contributed by atoms with Crippen molar-refractivity contribution in [1.82, 2.24) is 26.7 Å². The highest BCUT2D eigenvalue weighted by molar-refractivity contribution is 5.95. The monoisotopic (exact) mass is 698 g/mol. The summed E-state index contributed by atoms with van der Waals surface area (Å²) in [5.74, 6) is 1.94. The maximum atomic E-state index is 13.7. The summed E-state index contributed by atoms with van der Waals surface area (Å²) in [6.45, 7) is 5.35. The van der Waals surface area contributed by atoms with Crippen LogP contribution in [0.4, 0.5) is 0 Å². The van der Waals surface area contributed by atoms with Gasteiger partial charge in [-0.2, -0.15) is 0 Å². The van der Waals surface area contributed by atoms with Crippen LogP contribution in [0.1, 0.15) is 51.2 Å². The first-order valence-corrected chi connectivity index (χ1v) is 16.2. The molecule has 5 amide bonds. The lowest BCUT2D eigenvalue weighted by atomic mass is 10.0. The molecule has 0 aliphatic carbocycles. The molecule has 17 heteroatoms. The van der Waals surface area contributed by atoms with Crippen molar-refractivity contribution in [3.63, 3.8) is 0 Å². The predicted molar refractivity (Wildman–Crippen MR) is 187 cm³/mol. The fourth-order valence-electron chi connectivity index (χ4n) is 4.87. The van der Waals surface area contributed by atoms with Crippen LogP contribution >= 0.6 is 0 Å². The van der Waals surface area contributed by atoms with Crippen molar-refractivity contribution in [3.05, 3.63) is 59.7 Å². The Morgan fingerprint density at radius 3 is 1.62 bits per heavy atom. The number of amides is 5. The number of aromatic hydroxyl groups is 2. The van der Waals surface area contributed by atoms with E-state index in [4.69, 9.17) is 23.0 Å². The zero-order chi connectivity index (χ0) is 37.4. The van der Waals surface area contributed by atoms with Crippen molar-refractivity contribution >= 4 is 35.5 Å². The topological polar surface area (TPSA) is 302 Å². The molecule has 5 atom stereocenters. The second-order valence-electron chi connectivity index (χ2n) is 12.3. The van der Waals surface area contributed by atoms with Gasteiger partial charge in [0.1, 0.15) is 35.7 Å². The van der Waals surface area contributed by atoms with Crippen LogP contribution in [0.2, 0.25) is 0 Å². The van der Waals surface area contributed by atoms with E-state index >= 15 is 0 Å². The summed E-state index contributed by atoms with van der Waals surface area (Å²) in [7, 11) is 0.